The molecule has 0 bridgehead atoms. The fourth-order valence-corrected chi connectivity index (χ4v) is 3.67. The molecule has 4 rings (SSSR count). The topological polar surface area (TPSA) is 70.8 Å². The number of anilines is 2. The van der Waals surface area contributed by atoms with E-state index in [1.807, 2.05) is 29.6 Å². The van der Waals surface area contributed by atoms with Gasteiger partial charge in [-0.3, -0.25) is 4.90 Å². The van der Waals surface area contributed by atoms with Crippen molar-refractivity contribution < 1.29 is 4.74 Å². The molecule has 1 N–H and O–H groups in total. The Morgan fingerprint density at radius 2 is 1.83 bits per heavy atom. The van der Waals surface area contributed by atoms with E-state index in [9.17, 15) is 0 Å². The molecule has 29 heavy (non-hydrogen) atoms. The number of hydrogen-bond donors (Lipinski definition) is 1. The lowest BCUT2D eigenvalue weighted by atomic mass is 10.2. The van der Waals surface area contributed by atoms with Crippen molar-refractivity contribution in [2.45, 2.75) is 20.3 Å². The minimum Gasteiger partial charge on any atom is -0.497 e. The lowest BCUT2D eigenvalue weighted by Crippen LogP contribution is -2.47. The van der Waals surface area contributed by atoms with Crippen LogP contribution in [0.5, 0.6) is 5.75 Å². The number of rotatable bonds is 7. The van der Waals surface area contributed by atoms with Gasteiger partial charge in [0, 0.05) is 63.1 Å². The summed E-state index contributed by atoms with van der Waals surface area (Å²) >= 11 is 0. The minimum absolute atomic E-state index is 0.664. The van der Waals surface area contributed by atoms with Crippen molar-refractivity contribution in [2.24, 2.45) is 0 Å². The van der Waals surface area contributed by atoms with Gasteiger partial charge in [0.2, 0.25) is 0 Å². The summed E-state index contributed by atoms with van der Waals surface area (Å²) in [4.78, 5) is 13.9. The van der Waals surface area contributed by atoms with Crippen molar-refractivity contribution in [1.82, 2.24) is 24.5 Å². The van der Waals surface area contributed by atoms with Gasteiger partial charge in [-0.05, 0) is 31.2 Å². The van der Waals surface area contributed by atoms with E-state index < -0.39 is 0 Å². The third-order valence-electron chi connectivity index (χ3n) is 5.34. The molecule has 154 valence electrons. The molecule has 8 nitrogen and oxygen atoms in total. The summed E-state index contributed by atoms with van der Waals surface area (Å²) in [7, 11) is 1.70. The first-order valence-corrected chi connectivity index (χ1v) is 10.2. The van der Waals surface area contributed by atoms with Crippen LogP contribution in [-0.4, -0.2) is 70.9 Å². The van der Waals surface area contributed by atoms with E-state index in [2.05, 4.69) is 49.2 Å². The zero-order valence-electron chi connectivity index (χ0n) is 17.4. The van der Waals surface area contributed by atoms with E-state index in [0.29, 0.717) is 5.78 Å². The van der Waals surface area contributed by atoms with Crippen molar-refractivity contribution in [2.75, 3.05) is 56.6 Å². The average molecular weight is 396 g/mol. The van der Waals surface area contributed by atoms with Crippen molar-refractivity contribution in [3.63, 3.8) is 0 Å². The Labute approximate surface area is 171 Å². The highest BCUT2D eigenvalue weighted by Gasteiger charge is 2.17. The number of benzene rings is 1. The van der Waals surface area contributed by atoms with Crippen LogP contribution in [0.2, 0.25) is 0 Å². The highest BCUT2D eigenvalue weighted by atomic mass is 16.5. The number of methoxy groups -OCH3 is 1. The maximum atomic E-state index is 5.25. The number of piperazine rings is 1. The molecule has 0 atom stereocenters. The second-order valence-corrected chi connectivity index (χ2v) is 7.33. The van der Waals surface area contributed by atoms with Gasteiger partial charge in [-0.25, -0.2) is 4.98 Å². The van der Waals surface area contributed by atoms with Gasteiger partial charge in [0.1, 0.15) is 11.6 Å². The van der Waals surface area contributed by atoms with Crippen LogP contribution in [0, 0.1) is 6.92 Å². The maximum Gasteiger partial charge on any atom is 0.254 e. The molecular weight excluding hydrogens is 366 g/mol. The number of ether oxygens (including phenoxy) is 1. The van der Waals surface area contributed by atoms with Gasteiger partial charge >= 0.3 is 0 Å². The molecule has 1 aromatic carbocycles. The largest absolute Gasteiger partial charge is 0.497 e. The van der Waals surface area contributed by atoms with Crippen LogP contribution in [0.25, 0.3) is 5.78 Å². The molecule has 0 radical (unpaired) electrons. The summed E-state index contributed by atoms with van der Waals surface area (Å²) in [6.45, 7) is 10.1. The van der Waals surface area contributed by atoms with Gasteiger partial charge in [-0.2, -0.15) is 9.50 Å². The molecule has 1 aliphatic heterocycles. The fourth-order valence-electron chi connectivity index (χ4n) is 3.67. The van der Waals surface area contributed by atoms with Crippen LogP contribution in [-0.2, 0) is 6.42 Å². The van der Waals surface area contributed by atoms with Gasteiger partial charge in [-0.15, -0.1) is 5.10 Å². The van der Waals surface area contributed by atoms with Gasteiger partial charge in [-0.1, -0.05) is 6.92 Å². The molecule has 0 aliphatic carbocycles. The molecule has 0 spiro atoms. The lowest BCUT2D eigenvalue weighted by molar-refractivity contribution is 0.267. The summed E-state index contributed by atoms with van der Waals surface area (Å²) in [5.41, 5.74) is 2.21. The van der Waals surface area contributed by atoms with Crippen LogP contribution < -0.4 is 15.0 Å². The van der Waals surface area contributed by atoms with Gasteiger partial charge < -0.3 is 15.0 Å². The molecule has 0 amide bonds. The molecule has 1 fully saturated rings. The predicted octanol–water partition coefficient (Wildman–Crippen LogP) is 2.24. The van der Waals surface area contributed by atoms with Gasteiger partial charge in [0.25, 0.3) is 5.78 Å². The zero-order chi connectivity index (χ0) is 20.2. The zero-order valence-corrected chi connectivity index (χ0v) is 17.4. The summed E-state index contributed by atoms with van der Waals surface area (Å²) in [5, 5.41) is 8.06. The number of hydrogen-bond acceptors (Lipinski definition) is 7. The molecule has 3 heterocycles. The molecule has 0 unspecified atom stereocenters. The van der Waals surface area contributed by atoms with E-state index in [1.54, 1.807) is 7.11 Å². The number of nitrogens with zero attached hydrogens (tertiary/aromatic N) is 6. The summed E-state index contributed by atoms with van der Waals surface area (Å²) in [5.74, 6) is 3.34. The monoisotopic (exact) mass is 395 g/mol. The highest BCUT2D eigenvalue weighted by Crippen LogP contribution is 2.20. The Balaban J connectivity index is 1.30. The Morgan fingerprint density at radius 3 is 2.52 bits per heavy atom. The number of nitrogens with one attached hydrogen (secondary N) is 1. The molecule has 1 aliphatic rings. The lowest BCUT2D eigenvalue weighted by Gasteiger charge is -2.36. The Kier molecular flexibility index (Phi) is 5.80. The standard InChI is InChI=1S/C21H29N7O/c1-4-19-24-21-23-16(2)15-20(28(21)25-19)22-9-10-26-11-13-27(14-12-26)17-5-7-18(29-3)8-6-17/h5-8,15,22H,4,9-14H2,1-3H3. The van der Waals surface area contributed by atoms with Crippen molar-refractivity contribution in [3.05, 3.63) is 41.9 Å². The number of fused-ring (bicyclic) bond motifs is 1. The minimum atomic E-state index is 0.664. The van der Waals surface area contributed by atoms with Gasteiger partial charge in [0.15, 0.2) is 5.82 Å². The second kappa shape index (κ2) is 8.65. The van der Waals surface area contributed by atoms with Crippen molar-refractivity contribution in [3.8, 4) is 5.75 Å². The Bertz CT molecular complexity index is 946. The number of aromatic nitrogens is 4. The Morgan fingerprint density at radius 1 is 1.07 bits per heavy atom. The Hall–Kier alpha value is -2.87. The molecule has 3 aromatic rings. The first-order valence-electron chi connectivity index (χ1n) is 10.2. The highest BCUT2D eigenvalue weighted by molar-refractivity contribution is 5.49. The van der Waals surface area contributed by atoms with Crippen molar-refractivity contribution in [1.29, 1.82) is 0 Å². The molecule has 1 saturated heterocycles. The first kappa shape index (κ1) is 19.4. The SMILES string of the molecule is CCc1nc2nc(C)cc(NCCN3CCN(c4ccc(OC)cc4)CC3)n2n1. The van der Waals surface area contributed by atoms with E-state index in [1.165, 1.54) is 5.69 Å². The van der Waals surface area contributed by atoms with Crippen LogP contribution >= 0.6 is 0 Å². The molecule has 0 saturated carbocycles. The quantitative estimate of drug-likeness (QED) is 0.658. The predicted molar refractivity (Wildman–Crippen MR) is 115 cm³/mol. The number of aryl methyl sites for hydroxylation is 2. The van der Waals surface area contributed by atoms with E-state index in [-0.39, 0.29) is 0 Å². The van der Waals surface area contributed by atoms with Gasteiger partial charge in [0.05, 0.1) is 7.11 Å². The first-order chi connectivity index (χ1) is 14.2. The molecule has 2 aromatic heterocycles. The average Bonchev–Trinajstić information content (AvgIpc) is 3.17. The summed E-state index contributed by atoms with van der Waals surface area (Å²) in [6, 6.07) is 10.3. The maximum absolute atomic E-state index is 5.25. The van der Waals surface area contributed by atoms with Crippen LogP contribution in [0.4, 0.5) is 11.5 Å². The summed E-state index contributed by atoms with van der Waals surface area (Å²) in [6.07, 6.45) is 0.806. The van der Waals surface area contributed by atoms with Crippen molar-refractivity contribution >= 4 is 17.3 Å². The van der Waals surface area contributed by atoms with Crippen LogP contribution in [0.15, 0.2) is 30.3 Å². The van der Waals surface area contributed by atoms with E-state index in [0.717, 1.165) is 68.8 Å². The molecular formula is C21H29N7O. The van der Waals surface area contributed by atoms with E-state index in [4.69, 9.17) is 4.74 Å². The summed E-state index contributed by atoms with van der Waals surface area (Å²) < 4.78 is 7.06. The van der Waals surface area contributed by atoms with E-state index >= 15 is 0 Å². The third kappa shape index (κ3) is 4.42. The third-order valence-corrected chi connectivity index (χ3v) is 5.34. The van der Waals surface area contributed by atoms with Crippen LogP contribution in [0.3, 0.4) is 0 Å². The van der Waals surface area contributed by atoms with Crippen LogP contribution in [0.1, 0.15) is 18.4 Å². The smallest absolute Gasteiger partial charge is 0.254 e. The normalized spacial score (nSPS) is 15.1. The second-order valence-electron chi connectivity index (χ2n) is 7.33. The fraction of sp³-hybridized carbons (Fsp3) is 0.476. The molecule has 8 heteroatoms.